The van der Waals surface area contributed by atoms with E-state index in [1.165, 1.54) is 9.75 Å². The van der Waals surface area contributed by atoms with Gasteiger partial charge in [-0.2, -0.15) is 0 Å². The first-order chi connectivity index (χ1) is 11.1. The summed E-state index contributed by atoms with van der Waals surface area (Å²) in [6, 6.07) is 4.56. The fourth-order valence-electron chi connectivity index (χ4n) is 3.68. The molecule has 126 valence electrons. The number of hydrogen-bond acceptors (Lipinski definition) is 3. The van der Waals surface area contributed by atoms with E-state index in [9.17, 15) is 9.59 Å². The number of likely N-dealkylation sites (tertiary alicyclic amines) is 2. The highest BCUT2D eigenvalue weighted by atomic mass is 32.1. The molecule has 1 aromatic heterocycles. The van der Waals surface area contributed by atoms with Crippen LogP contribution < -0.4 is 0 Å². The minimum absolute atomic E-state index is 0.252. The number of rotatable bonds is 5. The molecular weight excluding hydrogens is 308 g/mol. The van der Waals surface area contributed by atoms with E-state index in [0.717, 1.165) is 51.7 Å². The van der Waals surface area contributed by atoms with Gasteiger partial charge in [0.2, 0.25) is 11.8 Å². The van der Waals surface area contributed by atoms with Crippen molar-refractivity contribution >= 4 is 23.2 Å². The Balaban J connectivity index is 1.46. The van der Waals surface area contributed by atoms with Crippen LogP contribution in [0.4, 0.5) is 0 Å². The van der Waals surface area contributed by atoms with Gasteiger partial charge in [-0.3, -0.25) is 9.59 Å². The molecule has 2 amide bonds. The summed E-state index contributed by atoms with van der Waals surface area (Å²) >= 11 is 1.82. The molecule has 0 unspecified atom stereocenters. The zero-order chi connectivity index (χ0) is 16.2. The lowest BCUT2D eigenvalue weighted by Crippen LogP contribution is -2.50. The van der Waals surface area contributed by atoms with Crippen LogP contribution >= 0.6 is 11.3 Å². The van der Waals surface area contributed by atoms with Gasteiger partial charge >= 0.3 is 0 Å². The lowest BCUT2D eigenvalue weighted by atomic mass is 10.0. The van der Waals surface area contributed by atoms with Crippen molar-refractivity contribution in [2.75, 3.05) is 19.6 Å². The van der Waals surface area contributed by atoms with Crippen LogP contribution in [0.3, 0.4) is 0 Å². The molecule has 0 spiro atoms. The number of thiophene rings is 1. The van der Waals surface area contributed by atoms with Crippen LogP contribution in [-0.4, -0.2) is 47.3 Å². The molecule has 3 rings (SSSR count). The summed E-state index contributed by atoms with van der Waals surface area (Å²) in [5.74, 6) is 0.534. The summed E-state index contributed by atoms with van der Waals surface area (Å²) < 4.78 is 0. The number of amides is 2. The van der Waals surface area contributed by atoms with Crippen molar-refractivity contribution in [2.45, 2.75) is 57.9 Å². The Hall–Kier alpha value is -1.36. The van der Waals surface area contributed by atoms with E-state index in [-0.39, 0.29) is 17.9 Å². The standard InChI is InChI=1S/C18H26N2O2S/c1-14-9-10-16(23-14)6-2-7-17(21)19-11-3-5-15(13-19)20-12-4-8-18(20)22/h9-10,15H,2-8,11-13H2,1H3/t15-/m0/s1. The first kappa shape index (κ1) is 16.5. The predicted molar refractivity (Wildman–Crippen MR) is 92.5 cm³/mol. The van der Waals surface area contributed by atoms with Crippen molar-refractivity contribution in [3.63, 3.8) is 0 Å². The molecule has 3 heterocycles. The molecule has 5 heteroatoms. The fraction of sp³-hybridized carbons (Fsp3) is 0.667. The van der Waals surface area contributed by atoms with Crippen LogP contribution in [0.15, 0.2) is 12.1 Å². The molecule has 2 fully saturated rings. The normalized spacial score (nSPS) is 22.0. The Morgan fingerprint density at radius 1 is 1.30 bits per heavy atom. The van der Waals surface area contributed by atoms with Crippen LogP contribution in [0.25, 0.3) is 0 Å². The quantitative estimate of drug-likeness (QED) is 0.830. The predicted octanol–water partition coefficient (Wildman–Crippen LogP) is 2.99. The fourth-order valence-corrected chi connectivity index (χ4v) is 4.61. The van der Waals surface area contributed by atoms with Gasteiger partial charge < -0.3 is 9.80 Å². The van der Waals surface area contributed by atoms with Gasteiger partial charge in [0.25, 0.3) is 0 Å². The molecular formula is C18H26N2O2S. The summed E-state index contributed by atoms with van der Waals surface area (Å²) in [6.07, 6.45) is 6.26. The highest BCUT2D eigenvalue weighted by Gasteiger charge is 2.32. The zero-order valence-electron chi connectivity index (χ0n) is 13.9. The third-order valence-electron chi connectivity index (χ3n) is 4.91. The van der Waals surface area contributed by atoms with E-state index >= 15 is 0 Å². The smallest absolute Gasteiger partial charge is 0.222 e. The third-order valence-corrected chi connectivity index (χ3v) is 5.97. The van der Waals surface area contributed by atoms with Crippen LogP contribution in [0.1, 0.15) is 48.3 Å². The summed E-state index contributed by atoms with van der Waals surface area (Å²) in [5.41, 5.74) is 0. The van der Waals surface area contributed by atoms with Gasteiger partial charge in [-0.05, 0) is 51.2 Å². The minimum atomic E-state index is 0.252. The van der Waals surface area contributed by atoms with E-state index in [1.54, 1.807) is 0 Å². The second-order valence-electron chi connectivity index (χ2n) is 6.69. The number of nitrogens with zero attached hydrogens (tertiary/aromatic N) is 2. The molecule has 4 nitrogen and oxygen atoms in total. The van der Waals surface area contributed by atoms with Crippen molar-refractivity contribution in [3.05, 3.63) is 21.9 Å². The lowest BCUT2D eigenvalue weighted by Gasteiger charge is -2.37. The molecule has 0 N–H and O–H groups in total. The summed E-state index contributed by atoms with van der Waals surface area (Å²) in [6.45, 7) is 4.59. The molecule has 2 saturated heterocycles. The minimum Gasteiger partial charge on any atom is -0.341 e. The van der Waals surface area contributed by atoms with E-state index in [4.69, 9.17) is 0 Å². The molecule has 1 aromatic rings. The highest BCUT2D eigenvalue weighted by Crippen LogP contribution is 2.22. The van der Waals surface area contributed by atoms with Crippen molar-refractivity contribution in [1.82, 2.24) is 9.80 Å². The highest BCUT2D eigenvalue weighted by molar-refractivity contribution is 7.11. The summed E-state index contributed by atoms with van der Waals surface area (Å²) in [5, 5.41) is 0. The van der Waals surface area contributed by atoms with Gasteiger partial charge in [-0.25, -0.2) is 0 Å². The molecule has 0 aliphatic carbocycles. The Morgan fingerprint density at radius 2 is 2.17 bits per heavy atom. The monoisotopic (exact) mass is 334 g/mol. The first-order valence-corrected chi connectivity index (χ1v) is 9.57. The number of hydrogen-bond donors (Lipinski definition) is 0. The third kappa shape index (κ3) is 4.14. The topological polar surface area (TPSA) is 40.6 Å². The van der Waals surface area contributed by atoms with Crippen molar-refractivity contribution in [1.29, 1.82) is 0 Å². The maximum Gasteiger partial charge on any atom is 0.222 e. The van der Waals surface area contributed by atoms with Gasteiger partial charge in [0.1, 0.15) is 0 Å². The molecule has 2 aliphatic rings. The number of carbonyl (C=O) groups excluding carboxylic acids is 2. The van der Waals surface area contributed by atoms with Gasteiger partial charge in [0, 0.05) is 48.3 Å². The first-order valence-electron chi connectivity index (χ1n) is 8.76. The Labute approximate surface area is 142 Å². The van der Waals surface area contributed by atoms with Crippen LogP contribution in [0, 0.1) is 6.92 Å². The second-order valence-corrected chi connectivity index (χ2v) is 8.06. The van der Waals surface area contributed by atoms with Crippen LogP contribution in [0.5, 0.6) is 0 Å². The van der Waals surface area contributed by atoms with Crippen LogP contribution in [-0.2, 0) is 16.0 Å². The summed E-state index contributed by atoms with van der Waals surface area (Å²) in [7, 11) is 0. The molecule has 0 radical (unpaired) electrons. The van der Waals surface area contributed by atoms with E-state index in [1.807, 2.05) is 21.1 Å². The van der Waals surface area contributed by atoms with Gasteiger partial charge in [-0.1, -0.05) is 0 Å². The number of carbonyl (C=O) groups is 2. The molecule has 0 aromatic carbocycles. The second kappa shape index (κ2) is 7.47. The average molecular weight is 334 g/mol. The maximum absolute atomic E-state index is 12.5. The van der Waals surface area contributed by atoms with Gasteiger partial charge in [-0.15, -0.1) is 11.3 Å². The number of piperidine rings is 1. The Bertz CT molecular complexity index is 569. The average Bonchev–Trinajstić information content (AvgIpc) is 3.16. The van der Waals surface area contributed by atoms with Crippen molar-refractivity contribution in [3.8, 4) is 0 Å². The SMILES string of the molecule is Cc1ccc(CCCC(=O)N2CCC[C@H](N3CCCC3=O)C2)s1. The number of aryl methyl sites for hydroxylation is 2. The zero-order valence-corrected chi connectivity index (χ0v) is 14.7. The molecule has 1 atom stereocenters. The van der Waals surface area contributed by atoms with Crippen LogP contribution in [0.2, 0.25) is 0 Å². The van der Waals surface area contributed by atoms with E-state index < -0.39 is 0 Å². The molecule has 23 heavy (non-hydrogen) atoms. The van der Waals surface area contributed by atoms with Crippen molar-refractivity contribution in [2.24, 2.45) is 0 Å². The van der Waals surface area contributed by atoms with E-state index in [2.05, 4.69) is 19.1 Å². The summed E-state index contributed by atoms with van der Waals surface area (Å²) in [4.78, 5) is 31.1. The lowest BCUT2D eigenvalue weighted by molar-refractivity contribution is -0.137. The Morgan fingerprint density at radius 3 is 2.87 bits per heavy atom. The van der Waals surface area contributed by atoms with Crippen molar-refractivity contribution < 1.29 is 9.59 Å². The van der Waals surface area contributed by atoms with E-state index in [0.29, 0.717) is 12.8 Å². The molecule has 0 bridgehead atoms. The molecule has 0 saturated carbocycles. The maximum atomic E-state index is 12.5. The Kier molecular flexibility index (Phi) is 5.36. The molecule has 2 aliphatic heterocycles. The largest absolute Gasteiger partial charge is 0.341 e. The van der Waals surface area contributed by atoms with Gasteiger partial charge in [0.15, 0.2) is 0 Å². The van der Waals surface area contributed by atoms with Gasteiger partial charge in [0.05, 0.1) is 0 Å².